The number of rotatable bonds is 4. The highest BCUT2D eigenvalue weighted by atomic mass is 32.2. The first-order valence-corrected chi connectivity index (χ1v) is 6.96. The molecule has 2 aromatic rings. The highest BCUT2D eigenvalue weighted by Gasteiger charge is 2.03. The summed E-state index contributed by atoms with van der Waals surface area (Å²) >= 11 is 1.60. The van der Waals surface area contributed by atoms with E-state index in [2.05, 4.69) is 9.72 Å². The predicted molar refractivity (Wildman–Crippen MR) is 80.5 cm³/mol. The lowest BCUT2D eigenvalue weighted by molar-refractivity contribution is -0.135. The summed E-state index contributed by atoms with van der Waals surface area (Å²) in [6, 6.07) is 13.8. The Bertz CT molecular complexity index is 606. The Hall–Kier alpha value is -2.07. The normalized spacial score (nSPS) is 11.2. The van der Waals surface area contributed by atoms with Crippen LogP contribution in [0.25, 0.3) is 6.08 Å². The minimum Gasteiger partial charge on any atom is -0.466 e. The molecule has 0 saturated heterocycles. The Morgan fingerprint density at radius 1 is 1.20 bits per heavy atom. The van der Waals surface area contributed by atoms with Crippen LogP contribution in [0.15, 0.2) is 64.2 Å². The topological polar surface area (TPSA) is 39.2 Å². The summed E-state index contributed by atoms with van der Waals surface area (Å²) in [5, 5.41) is 0.960. The first-order chi connectivity index (χ1) is 9.69. The summed E-state index contributed by atoms with van der Waals surface area (Å²) in [6.45, 7) is 1.74. The minimum atomic E-state index is -0.308. The maximum atomic E-state index is 11.3. The monoisotopic (exact) mass is 285 g/mol. The molecule has 0 bridgehead atoms. The SMILES string of the molecule is COC(=O)C(C)=Cc1ccc(Sc2ccccn2)cc1. The fourth-order valence-electron chi connectivity index (χ4n) is 1.63. The average Bonchev–Trinajstić information content (AvgIpc) is 2.49. The van der Waals surface area contributed by atoms with Crippen molar-refractivity contribution in [2.75, 3.05) is 7.11 Å². The van der Waals surface area contributed by atoms with E-state index in [1.54, 1.807) is 31.0 Å². The molecular weight excluding hydrogens is 270 g/mol. The van der Waals surface area contributed by atoms with Gasteiger partial charge in [0, 0.05) is 16.7 Å². The summed E-state index contributed by atoms with van der Waals surface area (Å²) in [5.41, 5.74) is 1.55. The van der Waals surface area contributed by atoms with Crippen LogP contribution in [-0.4, -0.2) is 18.1 Å². The molecule has 0 aliphatic carbocycles. The van der Waals surface area contributed by atoms with Crippen molar-refractivity contribution >= 4 is 23.8 Å². The van der Waals surface area contributed by atoms with Crippen LogP contribution in [0.2, 0.25) is 0 Å². The molecule has 3 nitrogen and oxygen atoms in total. The molecule has 1 heterocycles. The first-order valence-electron chi connectivity index (χ1n) is 6.14. The Labute approximate surface area is 122 Å². The number of nitrogens with zero attached hydrogens (tertiary/aromatic N) is 1. The van der Waals surface area contributed by atoms with Gasteiger partial charge in [-0.1, -0.05) is 30.0 Å². The quantitative estimate of drug-likeness (QED) is 0.632. The number of carbonyl (C=O) groups is 1. The van der Waals surface area contributed by atoms with Gasteiger partial charge in [0.25, 0.3) is 0 Å². The summed E-state index contributed by atoms with van der Waals surface area (Å²) < 4.78 is 4.67. The third-order valence-electron chi connectivity index (χ3n) is 2.63. The second kappa shape index (κ2) is 6.91. The molecule has 1 aromatic carbocycles. The van der Waals surface area contributed by atoms with Gasteiger partial charge in [-0.2, -0.15) is 0 Å². The molecule has 0 unspecified atom stereocenters. The van der Waals surface area contributed by atoms with Crippen LogP contribution in [0.1, 0.15) is 12.5 Å². The number of esters is 1. The zero-order chi connectivity index (χ0) is 14.4. The molecule has 0 fully saturated rings. The maximum Gasteiger partial charge on any atom is 0.333 e. The Kier molecular flexibility index (Phi) is 4.96. The largest absolute Gasteiger partial charge is 0.466 e. The van der Waals surface area contributed by atoms with Crippen LogP contribution in [0.3, 0.4) is 0 Å². The summed E-state index contributed by atoms with van der Waals surface area (Å²) in [4.78, 5) is 16.7. The Balaban J connectivity index is 2.09. The van der Waals surface area contributed by atoms with Gasteiger partial charge >= 0.3 is 5.97 Å². The van der Waals surface area contributed by atoms with Crippen molar-refractivity contribution in [3.63, 3.8) is 0 Å². The van der Waals surface area contributed by atoms with Crippen LogP contribution in [0.4, 0.5) is 0 Å². The molecule has 0 aliphatic rings. The van der Waals surface area contributed by atoms with Crippen molar-refractivity contribution in [2.45, 2.75) is 16.8 Å². The smallest absolute Gasteiger partial charge is 0.333 e. The second-order valence-corrected chi connectivity index (χ2v) is 5.25. The highest BCUT2D eigenvalue weighted by Crippen LogP contribution is 2.26. The van der Waals surface area contributed by atoms with Crippen LogP contribution >= 0.6 is 11.8 Å². The van der Waals surface area contributed by atoms with Gasteiger partial charge in [-0.3, -0.25) is 0 Å². The second-order valence-electron chi connectivity index (χ2n) is 4.16. The fourth-order valence-corrected chi connectivity index (χ4v) is 2.40. The Morgan fingerprint density at radius 2 is 1.95 bits per heavy atom. The van der Waals surface area contributed by atoms with E-state index in [-0.39, 0.29) is 5.97 Å². The number of benzene rings is 1. The van der Waals surface area contributed by atoms with Crippen molar-refractivity contribution < 1.29 is 9.53 Å². The van der Waals surface area contributed by atoms with E-state index in [0.29, 0.717) is 5.57 Å². The van der Waals surface area contributed by atoms with Crippen molar-refractivity contribution in [3.05, 3.63) is 59.8 Å². The van der Waals surface area contributed by atoms with Crippen molar-refractivity contribution in [2.24, 2.45) is 0 Å². The van der Waals surface area contributed by atoms with E-state index < -0.39 is 0 Å². The van der Waals surface area contributed by atoms with Gasteiger partial charge in [-0.25, -0.2) is 9.78 Å². The maximum absolute atomic E-state index is 11.3. The fraction of sp³-hybridized carbons (Fsp3) is 0.125. The lowest BCUT2D eigenvalue weighted by atomic mass is 10.1. The molecule has 2 rings (SSSR count). The summed E-state index contributed by atoms with van der Waals surface area (Å²) in [5.74, 6) is -0.308. The van der Waals surface area contributed by atoms with Gasteiger partial charge in [0.05, 0.1) is 7.11 Å². The number of pyridine rings is 1. The minimum absolute atomic E-state index is 0.308. The van der Waals surface area contributed by atoms with E-state index in [1.165, 1.54) is 7.11 Å². The lowest BCUT2D eigenvalue weighted by Crippen LogP contribution is -2.00. The predicted octanol–water partition coefficient (Wildman–Crippen LogP) is 3.81. The molecule has 0 radical (unpaired) electrons. The van der Waals surface area contributed by atoms with E-state index in [1.807, 2.05) is 42.5 Å². The van der Waals surface area contributed by atoms with Gasteiger partial charge in [0.15, 0.2) is 0 Å². The number of hydrogen-bond acceptors (Lipinski definition) is 4. The van der Waals surface area contributed by atoms with Gasteiger partial charge in [-0.05, 0) is 42.8 Å². The van der Waals surface area contributed by atoms with Crippen LogP contribution in [0.5, 0.6) is 0 Å². The van der Waals surface area contributed by atoms with E-state index in [4.69, 9.17) is 0 Å². The molecule has 0 saturated carbocycles. The number of methoxy groups -OCH3 is 1. The molecule has 0 aliphatic heterocycles. The molecule has 0 amide bonds. The third-order valence-corrected chi connectivity index (χ3v) is 3.59. The highest BCUT2D eigenvalue weighted by molar-refractivity contribution is 7.99. The van der Waals surface area contributed by atoms with Gasteiger partial charge in [-0.15, -0.1) is 0 Å². The summed E-state index contributed by atoms with van der Waals surface area (Å²) in [7, 11) is 1.38. The molecular formula is C16H15NO2S. The standard InChI is InChI=1S/C16H15NO2S/c1-12(16(18)19-2)11-13-6-8-14(9-7-13)20-15-5-3-4-10-17-15/h3-11H,1-2H3. The zero-order valence-electron chi connectivity index (χ0n) is 11.4. The summed E-state index contributed by atoms with van der Waals surface area (Å²) in [6.07, 6.45) is 3.58. The molecule has 0 atom stereocenters. The van der Waals surface area contributed by atoms with Gasteiger partial charge in [0.1, 0.15) is 5.03 Å². The molecule has 20 heavy (non-hydrogen) atoms. The zero-order valence-corrected chi connectivity index (χ0v) is 12.2. The Morgan fingerprint density at radius 3 is 2.55 bits per heavy atom. The molecule has 0 spiro atoms. The first kappa shape index (κ1) is 14.3. The van der Waals surface area contributed by atoms with Crippen LogP contribution in [0, 0.1) is 0 Å². The van der Waals surface area contributed by atoms with Crippen molar-refractivity contribution in [3.8, 4) is 0 Å². The van der Waals surface area contributed by atoms with E-state index >= 15 is 0 Å². The lowest BCUT2D eigenvalue weighted by Gasteiger charge is -2.02. The van der Waals surface area contributed by atoms with Crippen molar-refractivity contribution in [1.29, 1.82) is 0 Å². The van der Waals surface area contributed by atoms with E-state index in [9.17, 15) is 4.79 Å². The molecule has 0 N–H and O–H groups in total. The van der Waals surface area contributed by atoms with Crippen LogP contribution < -0.4 is 0 Å². The number of carbonyl (C=O) groups excluding carboxylic acids is 1. The number of ether oxygens (including phenoxy) is 1. The number of hydrogen-bond donors (Lipinski definition) is 0. The van der Waals surface area contributed by atoms with Gasteiger partial charge in [0.2, 0.25) is 0 Å². The third kappa shape index (κ3) is 3.96. The molecule has 102 valence electrons. The van der Waals surface area contributed by atoms with Crippen molar-refractivity contribution in [1.82, 2.24) is 4.98 Å². The average molecular weight is 285 g/mol. The van der Waals surface area contributed by atoms with Crippen LogP contribution in [-0.2, 0) is 9.53 Å². The van der Waals surface area contributed by atoms with E-state index in [0.717, 1.165) is 15.5 Å². The molecule has 1 aromatic heterocycles. The van der Waals surface area contributed by atoms with Gasteiger partial charge < -0.3 is 4.74 Å². The molecule has 4 heteroatoms. The number of aromatic nitrogens is 1.